The van der Waals surface area contributed by atoms with E-state index in [-0.39, 0.29) is 17.9 Å². The van der Waals surface area contributed by atoms with Crippen LogP contribution in [0.15, 0.2) is 0 Å². The smallest absolute Gasteiger partial charge is 0.248 e. The molecule has 2 amide bonds. The zero-order valence-electron chi connectivity index (χ0n) is 14.4. The largest absolute Gasteiger partial charge is 0.340 e. The molecule has 1 rings (SSSR count). The molecule has 1 heterocycles. The van der Waals surface area contributed by atoms with Crippen LogP contribution in [0.5, 0.6) is 0 Å². The lowest BCUT2D eigenvalue weighted by molar-refractivity contribution is -0.153. The Hall–Kier alpha value is -1.10. The number of rotatable bonds is 7. The average Bonchev–Trinajstić information content (AvgIpc) is 2.44. The number of nitrogens with one attached hydrogen (secondary N) is 1. The highest BCUT2D eigenvalue weighted by Gasteiger charge is 2.44. The highest BCUT2D eigenvalue weighted by Crippen LogP contribution is 2.21. The number of hydrogen-bond donors (Lipinski definition) is 1. The van der Waals surface area contributed by atoms with Gasteiger partial charge in [0.25, 0.3) is 0 Å². The third-order valence-corrected chi connectivity index (χ3v) is 4.73. The van der Waals surface area contributed by atoms with Gasteiger partial charge >= 0.3 is 0 Å². The molecule has 0 spiro atoms. The third-order valence-electron chi connectivity index (χ3n) is 4.73. The molecule has 0 aromatic heterocycles. The van der Waals surface area contributed by atoms with Crippen LogP contribution in [0.2, 0.25) is 0 Å². The van der Waals surface area contributed by atoms with Gasteiger partial charge in [0.15, 0.2) is 0 Å². The Bertz CT molecular complexity index is 384. The van der Waals surface area contributed by atoms with Crippen molar-refractivity contribution in [3.8, 4) is 0 Å². The summed E-state index contributed by atoms with van der Waals surface area (Å²) < 4.78 is 0. The minimum absolute atomic E-state index is 0.0433. The summed E-state index contributed by atoms with van der Waals surface area (Å²) in [4.78, 5) is 28.7. The van der Waals surface area contributed by atoms with E-state index in [4.69, 9.17) is 0 Å². The van der Waals surface area contributed by atoms with Gasteiger partial charge in [-0.1, -0.05) is 6.92 Å². The van der Waals surface area contributed by atoms with Crippen molar-refractivity contribution in [1.29, 1.82) is 0 Å². The van der Waals surface area contributed by atoms with Crippen molar-refractivity contribution in [2.24, 2.45) is 0 Å². The van der Waals surface area contributed by atoms with Gasteiger partial charge in [-0.3, -0.25) is 9.59 Å². The third kappa shape index (κ3) is 4.19. The van der Waals surface area contributed by atoms with Gasteiger partial charge in [0.05, 0.1) is 0 Å². The molecule has 21 heavy (non-hydrogen) atoms. The lowest BCUT2D eigenvalue weighted by atomic mass is 9.92. The van der Waals surface area contributed by atoms with Gasteiger partial charge in [0, 0.05) is 12.6 Å². The molecule has 0 aromatic carbocycles. The number of nitrogens with zero attached hydrogens (tertiary/aromatic N) is 2. The highest BCUT2D eigenvalue weighted by molar-refractivity contribution is 5.99. The normalized spacial score (nSPS) is 26.7. The van der Waals surface area contributed by atoms with Gasteiger partial charge in [-0.15, -0.1) is 0 Å². The topological polar surface area (TPSA) is 52.7 Å². The molecule has 1 aliphatic heterocycles. The fourth-order valence-electron chi connectivity index (χ4n) is 2.50. The predicted octanol–water partition coefficient (Wildman–Crippen LogP) is 1.62. The van der Waals surface area contributed by atoms with E-state index in [1.165, 1.54) is 0 Å². The first-order chi connectivity index (χ1) is 9.73. The number of unbranched alkanes of at least 4 members (excludes halogenated alkanes) is 1. The molecule has 0 aromatic rings. The molecule has 1 fully saturated rings. The highest BCUT2D eigenvalue weighted by atomic mass is 16.2. The Morgan fingerprint density at radius 1 is 1.33 bits per heavy atom. The molecule has 0 bridgehead atoms. The standard InChI is InChI=1S/C16H31N3O2/c1-7-16(5)15(21)19(13(4)14(20)17-16)11-9-8-10-18(6)12(2)3/h12-13H,7-11H2,1-6H3,(H,17,20). The molecular formula is C16H31N3O2. The maximum atomic E-state index is 12.6. The number of piperazine rings is 1. The van der Waals surface area contributed by atoms with E-state index in [1.807, 2.05) is 20.8 Å². The molecule has 5 heteroatoms. The minimum atomic E-state index is -0.738. The molecule has 2 atom stereocenters. The second-order valence-corrected chi connectivity index (χ2v) is 6.63. The van der Waals surface area contributed by atoms with Crippen LogP contribution in [0.25, 0.3) is 0 Å². The van der Waals surface area contributed by atoms with Crippen molar-refractivity contribution in [2.75, 3.05) is 20.1 Å². The molecule has 0 saturated carbocycles. The second-order valence-electron chi connectivity index (χ2n) is 6.63. The summed E-state index contributed by atoms with van der Waals surface area (Å²) in [5.74, 6) is 0.00700. The van der Waals surface area contributed by atoms with Crippen molar-refractivity contribution in [2.45, 2.75) is 71.5 Å². The van der Waals surface area contributed by atoms with Gasteiger partial charge in [0.1, 0.15) is 11.6 Å². The molecule has 0 radical (unpaired) electrons. The average molecular weight is 297 g/mol. The summed E-state index contributed by atoms with van der Waals surface area (Å²) in [7, 11) is 2.11. The van der Waals surface area contributed by atoms with E-state index >= 15 is 0 Å². The van der Waals surface area contributed by atoms with Crippen molar-refractivity contribution in [3.05, 3.63) is 0 Å². The zero-order valence-corrected chi connectivity index (χ0v) is 14.4. The summed E-state index contributed by atoms with van der Waals surface area (Å²) >= 11 is 0. The molecule has 1 saturated heterocycles. The first-order valence-corrected chi connectivity index (χ1v) is 8.06. The van der Waals surface area contributed by atoms with Crippen LogP contribution < -0.4 is 5.32 Å². The molecule has 122 valence electrons. The maximum Gasteiger partial charge on any atom is 0.248 e. The van der Waals surface area contributed by atoms with Gasteiger partial charge in [-0.05, 0) is 60.5 Å². The lowest BCUT2D eigenvalue weighted by Gasteiger charge is -2.43. The number of amides is 2. The number of carbonyl (C=O) groups excluding carboxylic acids is 2. The van der Waals surface area contributed by atoms with E-state index in [9.17, 15) is 9.59 Å². The van der Waals surface area contributed by atoms with Crippen LogP contribution in [-0.2, 0) is 9.59 Å². The van der Waals surface area contributed by atoms with Gasteiger partial charge in [-0.2, -0.15) is 0 Å². The van der Waals surface area contributed by atoms with E-state index < -0.39 is 5.54 Å². The van der Waals surface area contributed by atoms with Crippen LogP contribution in [0.1, 0.15) is 53.9 Å². The van der Waals surface area contributed by atoms with E-state index in [2.05, 4.69) is 31.1 Å². The number of hydrogen-bond acceptors (Lipinski definition) is 3. The summed E-state index contributed by atoms with van der Waals surface area (Å²) in [6.07, 6.45) is 2.59. The van der Waals surface area contributed by atoms with Gasteiger partial charge in [-0.25, -0.2) is 0 Å². The summed E-state index contributed by atoms with van der Waals surface area (Å²) in [6.45, 7) is 11.6. The van der Waals surface area contributed by atoms with Gasteiger partial charge < -0.3 is 15.1 Å². The molecule has 2 unspecified atom stereocenters. The molecular weight excluding hydrogens is 266 g/mol. The minimum Gasteiger partial charge on any atom is -0.340 e. The maximum absolute atomic E-state index is 12.6. The fourth-order valence-corrected chi connectivity index (χ4v) is 2.50. The molecule has 1 aliphatic rings. The zero-order chi connectivity index (χ0) is 16.2. The first kappa shape index (κ1) is 18.0. The lowest BCUT2D eigenvalue weighted by Crippen LogP contribution is -2.68. The Morgan fingerprint density at radius 3 is 2.48 bits per heavy atom. The van der Waals surface area contributed by atoms with E-state index in [0.717, 1.165) is 19.4 Å². The Balaban J connectivity index is 2.55. The van der Waals surface area contributed by atoms with E-state index in [0.29, 0.717) is 19.0 Å². The monoisotopic (exact) mass is 297 g/mol. The van der Waals surface area contributed by atoms with Crippen molar-refractivity contribution in [1.82, 2.24) is 15.1 Å². The SMILES string of the molecule is CCC1(C)NC(=O)C(C)N(CCCCN(C)C(C)C)C1=O. The van der Waals surface area contributed by atoms with Crippen molar-refractivity contribution in [3.63, 3.8) is 0 Å². The summed E-state index contributed by atoms with van der Waals surface area (Å²) in [5.41, 5.74) is -0.738. The van der Waals surface area contributed by atoms with Gasteiger partial charge in [0.2, 0.25) is 11.8 Å². The predicted molar refractivity (Wildman–Crippen MR) is 85.0 cm³/mol. The van der Waals surface area contributed by atoms with Crippen molar-refractivity contribution >= 4 is 11.8 Å². The first-order valence-electron chi connectivity index (χ1n) is 8.06. The van der Waals surface area contributed by atoms with Crippen LogP contribution in [-0.4, -0.2) is 59.4 Å². The Labute approximate surface area is 129 Å². The Kier molecular flexibility index (Phi) is 6.20. The fraction of sp³-hybridized carbons (Fsp3) is 0.875. The number of carbonyl (C=O) groups is 2. The van der Waals surface area contributed by atoms with Crippen LogP contribution in [0.4, 0.5) is 0 Å². The second kappa shape index (κ2) is 7.25. The van der Waals surface area contributed by atoms with E-state index in [1.54, 1.807) is 4.90 Å². The summed E-state index contributed by atoms with van der Waals surface area (Å²) in [5, 5.41) is 2.86. The van der Waals surface area contributed by atoms with Crippen LogP contribution in [0.3, 0.4) is 0 Å². The Morgan fingerprint density at radius 2 is 1.95 bits per heavy atom. The molecule has 5 nitrogen and oxygen atoms in total. The quantitative estimate of drug-likeness (QED) is 0.727. The molecule has 0 aliphatic carbocycles. The molecule has 1 N–H and O–H groups in total. The van der Waals surface area contributed by atoms with Crippen molar-refractivity contribution < 1.29 is 9.59 Å². The van der Waals surface area contributed by atoms with Crippen LogP contribution in [0, 0.1) is 0 Å². The summed E-state index contributed by atoms with van der Waals surface area (Å²) in [6, 6.07) is 0.176. The van der Waals surface area contributed by atoms with Crippen LogP contribution >= 0.6 is 0 Å².